The molecule has 0 aromatic heterocycles. The second-order valence-corrected chi connectivity index (χ2v) is 8.89. The van der Waals surface area contributed by atoms with Crippen molar-refractivity contribution in [2.45, 2.75) is 13.8 Å². The monoisotopic (exact) mass is 514 g/mol. The van der Waals surface area contributed by atoms with E-state index in [9.17, 15) is 0 Å². The van der Waals surface area contributed by atoms with E-state index in [1.807, 2.05) is 0 Å². The van der Waals surface area contributed by atoms with E-state index in [1.54, 1.807) is 0 Å². The highest BCUT2D eigenvalue weighted by Crippen LogP contribution is 2.47. The van der Waals surface area contributed by atoms with E-state index < -0.39 is 0 Å². The summed E-state index contributed by atoms with van der Waals surface area (Å²) in [4.78, 5) is 0. The molecular weight excluding hydrogens is 491 g/mol. The SMILES string of the molecule is Cc1ccc(Nc2c(N(I)c3ccc(C)cc3)c3ccccc3c3ccccc23)cc1. The molecule has 0 atom stereocenters. The van der Waals surface area contributed by atoms with Gasteiger partial charge in [0.25, 0.3) is 0 Å². The summed E-state index contributed by atoms with van der Waals surface area (Å²) in [6.07, 6.45) is 0. The van der Waals surface area contributed by atoms with Gasteiger partial charge in [-0.25, -0.2) is 0 Å². The Kier molecular flexibility index (Phi) is 5.28. The third kappa shape index (κ3) is 3.74. The fourth-order valence-electron chi connectivity index (χ4n) is 4.04. The van der Waals surface area contributed by atoms with Crippen LogP contribution in [0.15, 0.2) is 97.1 Å². The largest absolute Gasteiger partial charge is 0.353 e. The molecule has 0 saturated carbocycles. The molecule has 0 amide bonds. The predicted octanol–water partition coefficient (Wildman–Crippen LogP) is 8.84. The minimum absolute atomic E-state index is 1.08. The van der Waals surface area contributed by atoms with Crippen molar-refractivity contribution in [1.82, 2.24) is 0 Å². The third-order valence-corrected chi connectivity index (χ3v) is 6.72. The first-order valence-electron chi connectivity index (χ1n) is 10.4. The maximum absolute atomic E-state index is 3.75. The minimum Gasteiger partial charge on any atom is -0.353 e. The van der Waals surface area contributed by atoms with Gasteiger partial charge in [0.05, 0.1) is 39.9 Å². The lowest BCUT2D eigenvalue weighted by Crippen LogP contribution is -2.06. The number of halogens is 1. The Morgan fingerprint density at radius 3 is 1.68 bits per heavy atom. The Hall–Kier alpha value is -3.05. The summed E-state index contributed by atoms with van der Waals surface area (Å²) in [6.45, 7) is 4.24. The van der Waals surface area contributed by atoms with Gasteiger partial charge in [0.2, 0.25) is 0 Å². The van der Waals surface area contributed by atoms with Crippen LogP contribution in [0.4, 0.5) is 22.7 Å². The molecule has 0 heterocycles. The fraction of sp³-hybridized carbons (Fsp3) is 0.0714. The van der Waals surface area contributed by atoms with Crippen molar-refractivity contribution in [1.29, 1.82) is 0 Å². The highest BCUT2D eigenvalue weighted by atomic mass is 127. The lowest BCUT2D eigenvalue weighted by molar-refractivity contribution is 1.42. The molecule has 152 valence electrons. The van der Waals surface area contributed by atoms with Crippen molar-refractivity contribution in [3.05, 3.63) is 108 Å². The van der Waals surface area contributed by atoms with Gasteiger partial charge in [-0.15, -0.1) is 0 Å². The van der Waals surface area contributed by atoms with E-state index in [1.165, 1.54) is 38.4 Å². The fourth-order valence-corrected chi connectivity index (χ4v) is 4.86. The lowest BCUT2D eigenvalue weighted by Gasteiger charge is -2.25. The molecule has 0 aliphatic rings. The number of fused-ring (bicyclic) bond motifs is 3. The van der Waals surface area contributed by atoms with Gasteiger partial charge in [0.1, 0.15) is 0 Å². The summed E-state index contributed by atoms with van der Waals surface area (Å²) in [5.74, 6) is 0. The number of nitrogens with one attached hydrogen (secondary N) is 1. The number of benzene rings is 5. The van der Waals surface area contributed by atoms with Crippen LogP contribution in [-0.4, -0.2) is 0 Å². The molecule has 0 radical (unpaired) electrons. The van der Waals surface area contributed by atoms with Gasteiger partial charge < -0.3 is 5.32 Å². The Balaban J connectivity index is 1.81. The molecule has 0 aliphatic carbocycles. The maximum atomic E-state index is 3.75. The molecule has 3 heteroatoms. The molecular formula is C28H23IN2. The average Bonchev–Trinajstić information content (AvgIpc) is 2.81. The topological polar surface area (TPSA) is 15.3 Å². The van der Waals surface area contributed by atoms with Crippen LogP contribution in [0.1, 0.15) is 11.1 Å². The zero-order chi connectivity index (χ0) is 21.4. The van der Waals surface area contributed by atoms with Crippen LogP contribution < -0.4 is 8.43 Å². The van der Waals surface area contributed by atoms with Crippen molar-refractivity contribution in [2.24, 2.45) is 0 Å². The van der Waals surface area contributed by atoms with Crippen LogP contribution in [-0.2, 0) is 0 Å². The van der Waals surface area contributed by atoms with Crippen LogP contribution in [0, 0.1) is 13.8 Å². The zero-order valence-corrected chi connectivity index (χ0v) is 19.7. The Bertz CT molecular complexity index is 1370. The zero-order valence-electron chi connectivity index (χ0n) is 17.6. The molecule has 5 aromatic rings. The van der Waals surface area contributed by atoms with Crippen molar-refractivity contribution in [2.75, 3.05) is 8.43 Å². The molecule has 0 spiro atoms. The van der Waals surface area contributed by atoms with Gasteiger partial charge in [-0.1, -0.05) is 83.9 Å². The van der Waals surface area contributed by atoms with Crippen LogP contribution in [0.2, 0.25) is 0 Å². The summed E-state index contributed by atoms with van der Waals surface area (Å²) in [5, 5.41) is 8.71. The molecule has 0 saturated heterocycles. The van der Waals surface area contributed by atoms with E-state index in [-0.39, 0.29) is 0 Å². The van der Waals surface area contributed by atoms with Crippen LogP contribution in [0.25, 0.3) is 21.5 Å². The first-order valence-corrected chi connectivity index (χ1v) is 11.4. The third-order valence-electron chi connectivity index (χ3n) is 5.68. The van der Waals surface area contributed by atoms with Gasteiger partial charge in [-0.3, -0.25) is 3.11 Å². The Morgan fingerprint density at radius 2 is 1.06 bits per heavy atom. The van der Waals surface area contributed by atoms with E-state index >= 15 is 0 Å². The van der Waals surface area contributed by atoms with E-state index in [4.69, 9.17) is 0 Å². The van der Waals surface area contributed by atoms with Crippen LogP contribution >= 0.6 is 22.9 Å². The van der Waals surface area contributed by atoms with Crippen LogP contribution in [0.5, 0.6) is 0 Å². The maximum Gasteiger partial charge on any atom is 0.0830 e. The number of anilines is 4. The number of rotatable bonds is 4. The van der Waals surface area contributed by atoms with Crippen molar-refractivity contribution < 1.29 is 0 Å². The van der Waals surface area contributed by atoms with Gasteiger partial charge in [-0.05, 0) is 48.9 Å². The summed E-state index contributed by atoms with van der Waals surface area (Å²) in [5.41, 5.74) is 7.03. The molecule has 2 nitrogen and oxygen atoms in total. The second-order valence-electron chi connectivity index (χ2n) is 7.92. The van der Waals surface area contributed by atoms with Gasteiger partial charge in [-0.2, -0.15) is 0 Å². The molecule has 0 fully saturated rings. The number of nitrogens with zero attached hydrogens (tertiary/aromatic N) is 1. The predicted molar refractivity (Wildman–Crippen MR) is 143 cm³/mol. The minimum atomic E-state index is 1.08. The van der Waals surface area contributed by atoms with E-state index in [2.05, 4.69) is 142 Å². The number of hydrogen-bond donors (Lipinski definition) is 1. The number of hydrogen-bond acceptors (Lipinski definition) is 2. The summed E-state index contributed by atoms with van der Waals surface area (Å²) in [6, 6.07) is 34.6. The summed E-state index contributed by atoms with van der Waals surface area (Å²) < 4.78 is 2.27. The van der Waals surface area contributed by atoms with Gasteiger partial charge in [0, 0.05) is 16.5 Å². The molecule has 0 aliphatic heterocycles. The molecule has 0 unspecified atom stereocenters. The van der Waals surface area contributed by atoms with Crippen LogP contribution in [0.3, 0.4) is 0 Å². The standard InChI is InChI=1S/C28H23IN2/c1-19-11-15-21(16-12-19)30-27-25-9-5-3-7-23(25)24-8-4-6-10-26(24)28(27)31(29)22-17-13-20(2)14-18-22/h3-18,30H,1-2H3. The highest BCUT2D eigenvalue weighted by molar-refractivity contribution is 14.1. The molecule has 0 bridgehead atoms. The average molecular weight is 514 g/mol. The summed E-state index contributed by atoms with van der Waals surface area (Å²) >= 11 is 2.43. The Morgan fingerprint density at radius 1 is 0.581 bits per heavy atom. The van der Waals surface area contributed by atoms with Crippen molar-refractivity contribution in [3.8, 4) is 0 Å². The van der Waals surface area contributed by atoms with Gasteiger partial charge >= 0.3 is 0 Å². The van der Waals surface area contributed by atoms with Crippen molar-refractivity contribution >= 4 is 67.2 Å². The molecule has 5 aromatic carbocycles. The van der Waals surface area contributed by atoms with Crippen molar-refractivity contribution in [3.63, 3.8) is 0 Å². The smallest absolute Gasteiger partial charge is 0.0830 e. The lowest BCUT2D eigenvalue weighted by atomic mass is 9.97. The molecule has 5 rings (SSSR count). The first-order chi connectivity index (χ1) is 15.1. The van der Waals surface area contributed by atoms with E-state index in [0.717, 1.165) is 17.1 Å². The first kappa shape index (κ1) is 19.9. The quantitative estimate of drug-likeness (QED) is 0.112. The Labute approximate surface area is 197 Å². The van der Waals surface area contributed by atoms with Gasteiger partial charge in [0.15, 0.2) is 0 Å². The normalized spacial score (nSPS) is 11.1. The second kappa shape index (κ2) is 8.23. The molecule has 1 N–H and O–H groups in total. The van der Waals surface area contributed by atoms with E-state index in [0.29, 0.717) is 0 Å². The number of aryl methyl sites for hydroxylation is 2. The highest BCUT2D eigenvalue weighted by Gasteiger charge is 2.19. The summed E-state index contributed by atoms with van der Waals surface area (Å²) in [7, 11) is 0. The molecule has 31 heavy (non-hydrogen) atoms.